The Bertz CT molecular complexity index is 1750. The fourth-order valence-corrected chi connectivity index (χ4v) is 6.91. The van der Waals surface area contributed by atoms with E-state index >= 15 is 0 Å². The van der Waals surface area contributed by atoms with Gasteiger partial charge in [0.15, 0.2) is 0 Å². The maximum absolute atomic E-state index is 14.6. The van der Waals surface area contributed by atoms with Crippen LogP contribution in [0.2, 0.25) is 15.1 Å². The topological polar surface area (TPSA) is 86.8 Å². The van der Waals surface area contributed by atoms with Crippen molar-refractivity contribution in [2.45, 2.75) is 50.6 Å². The molecule has 46 heavy (non-hydrogen) atoms. The number of sulfonamides is 1. The van der Waals surface area contributed by atoms with Crippen LogP contribution in [-0.4, -0.2) is 44.3 Å². The summed E-state index contributed by atoms with van der Waals surface area (Å²) < 4.78 is 29.4. The highest BCUT2D eigenvalue weighted by Crippen LogP contribution is 2.29. The summed E-state index contributed by atoms with van der Waals surface area (Å²) in [6.45, 7) is 3.66. The maximum Gasteiger partial charge on any atom is 0.264 e. The molecule has 0 aromatic heterocycles. The molecule has 0 radical (unpaired) electrons. The average molecular weight is 701 g/mol. The normalized spacial score (nSPS) is 11.9. The lowest BCUT2D eigenvalue weighted by atomic mass is 10.0. The molecule has 0 bridgehead atoms. The molecule has 4 aromatic carbocycles. The van der Waals surface area contributed by atoms with Gasteiger partial charge in [-0.2, -0.15) is 0 Å². The van der Waals surface area contributed by atoms with Crippen LogP contribution in [0.3, 0.4) is 0 Å². The Kier molecular flexibility index (Phi) is 12.5. The number of hydrogen-bond acceptors (Lipinski definition) is 4. The van der Waals surface area contributed by atoms with E-state index in [0.717, 1.165) is 22.7 Å². The molecule has 1 N–H and O–H groups in total. The number of nitrogens with zero attached hydrogens (tertiary/aromatic N) is 2. The smallest absolute Gasteiger partial charge is 0.264 e. The fraction of sp³-hybridized carbons (Fsp3) is 0.257. The number of carbonyl (C=O) groups is 2. The number of hydrogen-bond donors (Lipinski definition) is 1. The van der Waals surface area contributed by atoms with Gasteiger partial charge < -0.3 is 10.2 Å². The van der Waals surface area contributed by atoms with Crippen LogP contribution in [0.1, 0.15) is 36.5 Å². The number of benzene rings is 4. The van der Waals surface area contributed by atoms with Crippen LogP contribution >= 0.6 is 34.8 Å². The first kappa shape index (κ1) is 35.3. The minimum Gasteiger partial charge on any atom is -0.354 e. The van der Waals surface area contributed by atoms with Gasteiger partial charge in [-0.25, -0.2) is 8.42 Å². The van der Waals surface area contributed by atoms with Gasteiger partial charge in [-0.3, -0.25) is 13.9 Å². The van der Waals surface area contributed by atoms with Crippen LogP contribution in [0, 0.1) is 6.92 Å². The van der Waals surface area contributed by atoms with Crippen LogP contribution in [-0.2, 0) is 32.6 Å². The molecule has 4 aromatic rings. The third-order valence-electron chi connectivity index (χ3n) is 7.50. The Balaban J connectivity index is 1.81. The molecule has 2 amide bonds. The third kappa shape index (κ3) is 9.04. The molecule has 7 nitrogen and oxygen atoms in total. The lowest BCUT2D eigenvalue weighted by Gasteiger charge is -2.34. The van der Waals surface area contributed by atoms with Gasteiger partial charge in [0.1, 0.15) is 12.6 Å². The number of nitrogens with one attached hydrogen (secondary N) is 1. The predicted octanol–water partition coefficient (Wildman–Crippen LogP) is 7.71. The minimum atomic E-state index is -4.24. The summed E-state index contributed by atoms with van der Waals surface area (Å²) in [6, 6.07) is 26.1. The average Bonchev–Trinajstić information content (AvgIpc) is 3.04. The number of para-hydroxylation sites is 1. The van der Waals surface area contributed by atoms with E-state index in [4.69, 9.17) is 34.8 Å². The zero-order valence-electron chi connectivity index (χ0n) is 25.6. The van der Waals surface area contributed by atoms with Crippen LogP contribution in [0.5, 0.6) is 0 Å². The molecule has 242 valence electrons. The largest absolute Gasteiger partial charge is 0.354 e. The Hall–Kier alpha value is -3.56. The molecule has 1 atom stereocenters. The summed E-state index contributed by atoms with van der Waals surface area (Å²) in [5.41, 5.74) is 2.47. The highest BCUT2D eigenvalue weighted by atomic mass is 35.5. The van der Waals surface area contributed by atoms with Crippen molar-refractivity contribution in [3.05, 3.63) is 129 Å². The number of anilines is 1. The molecule has 11 heteroatoms. The lowest BCUT2D eigenvalue weighted by Crippen LogP contribution is -2.53. The van der Waals surface area contributed by atoms with E-state index in [9.17, 15) is 18.0 Å². The Labute approximate surface area is 286 Å². The first-order valence-corrected chi connectivity index (χ1v) is 17.5. The molecular formula is C35H36Cl3N3O4S. The second-order valence-electron chi connectivity index (χ2n) is 10.9. The van der Waals surface area contributed by atoms with Crippen molar-refractivity contribution < 1.29 is 18.0 Å². The van der Waals surface area contributed by atoms with Crippen molar-refractivity contribution in [2.75, 3.05) is 17.4 Å². The number of halogens is 3. The summed E-state index contributed by atoms with van der Waals surface area (Å²) in [5, 5.41) is 4.00. The van der Waals surface area contributed by atoms with Gasteiger partial charge in [0.25, 0.3) is 10.0 Å². The van der Waals surface area contributed by atoms with Gasteiger partial charge in [0.2, 0.25) is 11.8 Å². The maximum atomic E-state index is 14.6. The molecule has 0 unspecified atom stereocenters. The standard InChI is InChI=1S/C35H36Cl3N3O4S/c1-3-4-20-39-35(43)33(22-26-11-6-5-7-12-26)40(23-27-14-19-30(37)31(38)21-27)34(42)24-41(32-13-9-8-10-25(32)2)46(44,45)29-17-15-28(36)16-18-29/h5-19,21,33H,3-4,20,22-24H2,1-2H3,(H,39,43)/t33-/m0/s1. The Morgan fingerprint density at radius 1 is 0.826 bits per heavy atom. The minimum absolute atomic E-state index is 0.0168. The summed E-state index contributed by atoms with van der Waals surface area (Å²) in [7, 11) is -4.24. The second-order valence-corrected chi connectivity index (χ2v) is 14.0. The van der Waals surface area contributed by atoms with Crippen molar-refractivity contribution in [1.82, 2.24) is 10.2 Å². The molecule has 4 rings (SSSR count). The van der Waals surface area contributed by atoms with Gasteiger partial charge in [-0.1, -0.05) is 103 Å². The zero-order chi connectivity index (χ0) is 33.3. The summed E-state index contributed by atoms with van der Waals surface area (Å²) >= 11 is 18.6. The molecule has 0 heterocycles. The molecule has 0 spiro atoms. The molecule has 0 saturated heterocycles. The summed E-state index contributed by atoms with van der Waals surface area (Å²) in [5.74, 6) is -0.910. The molecule has 0 aliphatic carbocycles. The van der Waals surface area contributed by atoms with Crippen molar-refractivity contribution >= 4 is 62.3 Å². The highest BCUT2D eigenvalue weighted by Gasteiger charge is 2.35. The summed E-state index contributed by atoms with van der Waals surface area (Å²) in [4.78, 5) is 29.8. The second kappa shape index (κ2) is 16.3. The third-order valence-corrected chi connectivity index (χ3v) is 10.3. The van der Waals surface area contributed by atoms with Gasteiger partial charge in [0, 0.05) is 24.5 Å². The monoisotopic (exact) mass is 699 g/mol. The van der Waals surface area contributed by atoms with E-state index in [1.165, 1.54) is 29.2 Å². The van der Waals surface area contributed by atoms with Crippen LogP contribution in [0.4, 0.5) is 5.69 Å². The Morgan fingerprint density at radius 3 is 2.15 bits per heavy atom. The summed E-state index contributed by atoms with van der Waals surface area (Å²) in [6.07, 6.45) is 1.86. The SMILES string of the molecule is CCCCNC(=O)[C@H](Cc1ccccc1)N(Cc1ccc(Cl)c(Cl)c1)C(=O)CN(c1ccccc1C)S(=O)(=O)c1ccc(Cl)cc1. The Morgan fingerprint density at radius 2 is 1.50 bits per heavy atom. The highest BCUT2D eigenvalue weighted by molar-refractivity contribution is 7.92. The number of aryl methyl sites for hydroxylation is 1. The van der Waals surface area contributed by atoms with Gasteiger partial charge in [-0.05, 0) is 72.5 Å². The molecule has 0 saturated carbocycles. The first-order valence-electron chi connectivity index (χ1n) is 14.9. The number of unbranched alkanes of at least 4 members (excludes halogenated alkanes) is 1. The zero-order valence-corrected chi connectivity index (χ0v) is 28.7. The van der Waals surface area contributed by atoms with E-state index in [0.29, 0.717) is 38.4 Å². The van der Waals surface area contributed by atoms with E-state index in [1.54, 1.807) is 49.4 Å². The fourth-order valence-electron chi connectivity index (χ4n) is 4.99. The van der Waals surface area contributed by atoms with E-state index in [1.807, 2.05) is 37.3 Å². The van der Waals surface area contributed by atoms with Crippen molar-refractivity contribution in [3.8, 4) is 0 Å². The lowest BCUT2D eigenvalue weighted by molar-refractivity contribution is -0.140. The number of amides is 2. The van der Waals surface area contributed by atoms with Gasteiger partial charge in [-0.15, -0.1) is 0 Å². The van der Waals surface area contributed by atoms with E-state index in [-0.39, 0.29) is 23.8 Å². The molecule has 0 fully saturated rings. The van der Waals surface area contributed by atoms with E-state index in [2.05, 4.69) is 5.32 Å². The first-order chi connectivity index (χ1) is 22.0. The molecular weight excluding hydrogens is 665 g/mol. The molecule has 0 aliphatic rings. The number of carbonyl (C=O) groups excluding carboxylic acids is 2. The van der Waals surface area contributed by atoms with Crippen LogP contribution < -0.4 is 9.62 Å². The van der Waals surface area contributed by atoms with Crippen molar-refractivity contribution in [1.29, 1.82) is 0 Å². The van der Waals surface area contributed by atoms with Gasteiger partial charge >= 0.3 is 0 Å². The predicted molar refractivity (Wildman–Crippen MR) is 186 cm³/mol. The van der Waals surface area contributed by atoms with Gasteiger partial charge in [0.05, 0.1) is 20.6 Å². The van der Waals surface area contributed by atoms with Crippen LogP contribution in [0.25, 0.3) is 0 Å². The van der Waals surface area contributed by atoms with Crippen molar-refractivity contribution in [3.63, 3.8) is 0 Å². The van der Waals surface area contributed by atoms with E-state index < -0.39 is 28.5 Å². The van der Waals surface area contributed by atoms with Crippen LogP contribution in [0.15, 0.2) is 102 Å². The quantitative estimate of drug-likeness (QED) is 0.137. The number of rotatable bonds is 14. The van der Waals surface area contributed by atoms with Crippen molar-refractivity contribution in [2.24, 2.45) is 0 Å². The molecule has 0 aliphatic heterocycles.